The van der Waals surface area contributed by atoms with Gasteiger partial charge in [-0.1, -0.05) is 0 Å². The van der Waals surface area contributed by atoms with E-state index in [1.165, 1.54) is 43.3 Å². The first kappa shape index (κ1) is 19.3. The molecule has 0 heterocycles. The first-order chi connectivity index (χ1) is 12.3. The van der Waals surface area contributed by atoms with Crippen molar-refractivity contribution in [3.8, 4) is 5.75 Å². The fourth-order valence-corrected chi connectivity index (χ4v) is 2.25. The van der Waals surface area contributed by atoms with Gasteiger partial charge in [-0.05, 0) is 59.3 Å². The predicted octanol–water partition coefficient (Wildman–Crippen LogP) is 2.72. The third-order valence-electron chi connectivity index (χ3n) is 3.20. The van der Waals surface area contributed by atoms with Gasteiger partial charge < -0.3 is 4.74 Å². The maximum absolute atomic E-state index is 12.8. The molecule has 26 heavy (non-hydrogen) atoms. The Morgan fingerprint density at radius 1 is 1.19 bits per heavy atom. The minimum Gasteiger partial charge on any atom is -0.481 e. The summed E-state index contributed by atoms with van der Waals surface area (Å²) in [6.07, 6.45) is -0.972. The Labute approximate surface area is 155 Å². The molecule has 0 saturated carbocycles. The number of nitro groups is 1. The Morgan fingerprint density at radius 2 is 1.85 bits per heavy atom. The van der Waals surface area contributed by atoms with E-state index in [0.717, 1.165) is 6.07 Å². The zero-order valence-corrected chi connectivity index (χ0v) is 14.9. The van der Waals surface area contributed by atoms with Crippen molar-refractivity contribution in [3.63, 3.8) is 0 Å². The van der Waals surface area contributed by atoms with Gasteiger partial charge in [0.05, 0.1) is 9.40 Å². The summed E-state index contributed by atoms with van der Waals surface area (Å²) >= 11 is 3.01. The number of halogens is 2. The van der Waals surface area contributed by atoms with Gasteiger partial charge in [0.15, 0.2) is 6.10 Å². The van der Waals surface area contributed by atoms with Gasteiger partial charge in [-0.2, -0.15) is 0 Å². The van der Waals surface area contributed by atoms with E-state index in [1.54, 1.807) is 0 Å². The number of nitro benzene ring substituents is 1. The van der Waals surface area contributed by atoms with E-state index in [1.807, 2.05) is 0 Å². The monoisotopic (exact) mass is 425 g/mol. The van der Waals surface area contributed by atoms with Crippen LogP contribution in [0.2, 0.25) is 0 Å². The SMILES string of the molecule is CC(Oc1ccc(F)cc1)C(=O)NNC(=O)c1ccc(Br)c([N+](=O)[O-])c1. The van der Waals surface area contributed by atoms with Crippen LogP contribution in [0.3, 0.4) is 0 Å². The predicted molar refractivity (Wildman–Crippen MR) is 92.9 cm³/mol. The first-order valence-electron chi connectivity index (χ1n) is 7.24. The second-order valence-corrected chi connectivity index (χ2v) is 5.94. The molecule has 0 bridgehead atoms. The Hall–Kier alpha value is -3.01. The fraction of sp³-hybridized carbons (Fsp3) is 0.125. The third-order valence-corrected chi connectivity index (χ3v) is 3.87. The van der Waals surface area contributed by atoms with E-state index in [2.05, 4.69) is 26.8 Å². The highest BCUT2D eigenvalue weighted by atomic mass is 79.9. The van der Waals surface area contributed by atoms with E-state index in [4.69, 9.17) is 4.74 Å². The molecule has 2 amide bonds. The number of hydrogen-bond acceptors (Lipinski definition) is 5. The molecule has 0 aliphatic rings. The highest BCUT2D eigenvalue weighted by molar-refractivity contribution is 9.10. The Bertz CT molecular complexity index is 844. The van der Waals surface area contributed by atoms with E-state index < -0.39 is 28.7 Å². The molecule has 0 radical (unpaired) electrons. The molecular formula is C16H13BrFN3O5. The fourth-order valence-electron chi connectivity index (χ4n) is 1.86. The number of nitrogens with one attached hydrogen (secondary N) is 2. The van der Waals surface area contributed by atoms with Crippen LogP contribution in [0.1, 0.15) is 17.3 Å². The summed E-state index contributed by atoms with van der Waals surface area (Å²) in [6.45, 7) is 1.44. The number of ether oxygens (including phenoxy) is 1. The largest absolute Gasteiger partial charge is 0.481 e. The Kier molecular flexibility index (Phi) is 6.23. The van der Waals surface area contributed by atoms with Crippen LogP contribution in [-0.2, 0) is 4.79 Å². The average molecular weight is 426 g/mol. The zero-order valence-electron chi connectivity index (χ0n) is 13.4. The van der Waals surface area contributed by atoms with E-state index in [-0.39, 0.29) is 21.5 Å². The minimum absolute atomic E-state index is 0.00712. The van der Waals surface area contributed by atoms with Gasteiger partial charge in [0.1, 0.15) is 11.6 Å². The molecule has 10 heteroatoms. The molecule has 1 unspecified atom stereocenters. The van der Waals surface area contributed by atoms with Crippen LogP contribution < -0.4 is 15.6 Å². The molecular weight excluding hydrogens is 413 g/mol. The number of rotatable bonds is 5. The molecule has 2 aromatic rings. The number of hydrazine groups is 1. The number of hydrogen-bond donors (Lipinski definition) is 2. The van der Waals surface area contributed by atoms with Crippen LogP contribution in [0.15, 0.2) is 46.9 Å². The quantitative estimate of drug-likeness (QED) is 0.565. The topological polar surface area (TPSA) is 111 Å². The van der Waals surface area contributed by atoms with E-state index in [9.17, 15) is 24.1 Å². The summed E-state index contributed by atoms with van der Waals surface area (Å²) in [5, 5.41) is 10.9. The van der Waals surface area contributed by atoms with Crippen molar-refractivity contribution in [2.75, 3.05) is 0 Å². The van der Waals surface area contributed by atoms with Gasteiger partial charge in [-0.15, -0.1) is 0 Å². The average Bonchev–Trinajstić information content (AvgIpc) is 2.61. The minimum atomic E-state index is -0.972. The van der Waals surface area contributed by atoms with Crippen LogP contribution in [-0.4, -0.2) is 22.8 Å². The summed E-state index contributed by atoms with van der Waals surface area (Å²) in [6, 6.07) is 8.87. The molecule has 0 aliphatic carbocycles. The molecule has 1 atom stereocenters. The number of carbonyl (C=O) groups excluding carboxylic acids is 2. The summed E-state index contributed by atoms with van der Waals surface area (Å²) in [5.74, 6) is -1.55. The molecule has 2 aromatic carbocycles. The van der Waals surface area contributed by atoms with E-state index in [0.29, 0.717) is 0 Å². The number of nitrogens with zero attached hydrogens (tertiary/aromatic N) is 1. The lowest BCUT2D eigenvalue weighted by Gasteiger charge is -2.15. The number of benzene rings is 2. The summed E-state index contributed by atoms with van der Waals surface area (Å²) in [4.78, 5) is 34.2. The van der Waals surface area contributed by atoms with Crippen molar-refractivity contribution in [3.05, 3.63) is 68.4 Å². The zero-order chi connectivity index (χ0) is 19.3. The van der Waals surface area contributed by atoms with Gasteiger partial charge in [0, 0.05) is 11.6 Å². The summed E-state index contributed by atoms with van der Waals surface area (Å²) < 4.78 is 18.4. The lowest BCUT2D eigenvalue weighted by atomic mass is 10.2. The molecule has 0 aliphatic heterocycles. The second-order valence-electron chi connectivity index (χ2n) is 5.08. The lowest BCUT2D eigenvalue weighted by Crippen LogP contribution is -2.47. The van der Waals surface area contributed by atoms with Crippen LogP contribution in [0.4, 0.5) is 10.1 Å². The van der Waals surface area contributed by atoms with Crippen LogP contribution in [0.25, 0.3) is 0 Å². The van der Waals surface area contributed by atoms with Crippen LogP contribution >= 0.6 is 15.9 Å². The molecule has 2 rings (SSSR count). The van der Waals surface area contributed by atoms with Gasteiger partial charge in [-0.25, -0.2) is 4.39 Å². The number of amides is 2. The molecule has 0 spiro atoms. The summed E-state index contributed by atoms with van der Waals surface area (Å²) in [5.41, 5.74) is 4.01. The van der Waals surface area contributed by atoms with Crippen LogP contribution in [0, 0.1) is 15.9 Å². The molecule has 136 valence electrons. The van der Waals surface area contributed by atoms with Crippen molar-refractivity contribution in [1.29, 1.82) is 0 Å². The van der Waals surface area contributed by atoms with Crippen molar-refractivity contribution < 1.29 is 23.6 Å². The highest BCUT2D eigenvalue weighted by Crippen LogP contribution is 2.25. The van der Waals surface area contributed by atoms with Gasteiger partial charge in [-0.3, -0.25) is 30.6 Å². The van der Waals surface area contributed by atoms with Crippen molar-refractivity contribution >= 4 is 33.4 Å². The number of carbonyl (C=O) groups is 2. The summed E-state index contributed by atoms with van der Waals surface area (Å²) in [7, 11) is 0. The second kappa shape index (κ2) is 8.39. The first-order valence-corrected chi connectivity index (χ1v) is 8.03. The highest BCUT2D eigenvalue weighted by Gasteiger charge is 2.18. The third kappa shape index (κ3) is 4.99. The molecule has 8 nitrogen and oxygen atoms in total. The molecule has 0 fully saturated rings. The maximum atomic E-state index is 12.8. The van der Waals surface area contributed by atoms with Crippen molar-refractivity contribution in [1.82, 2.24) is 10.9 Å². The van der Waals surface area contributed by atoms with Crippen molar-refractivity contribution in [2.24, 2.45) is 0 Å². The van der Waals surface area contributed by atoms with Gasteiger partial charge in [0.25, 0.3) is 17.5 Å². The standard InChI is InChI=1S/C16H13BrFN3O5/c1-9(26-12-5-3-11(18)4-6-12)15(22)19-20-16(23)10-2-7-13(17)14(8-10)21(24)25/h2-9H,1H3,(H,19,22)(H,20,23). The molecule has 0 saturated heterocycles. The van der Waals surface area contributed by atoms with Crippen molar-refractivity contribution in [2.45, 2.75) is 13.0 Å². The molecule has 0 aromatic heterocycles. The maximum Gasteiger partial charge on any atom is 0.284 e. The van der Waals surface area contributed by atoms with Crippen LogP contribution in [0.5, 0.6) is 5.75 Å². The van der Waals surface area contributed by atoms with Gasteiger partial charge in [0.2, 0.25) is 0 Å². The molecule has 2 N–H and O–H groups in total. The normalized spacial score (nSPS) is 11.3. The van der Waals surface area contributed by atoms with Gasteiger partial charge >= 0.3 is 0 Å². The smallest absolute Gasteiger partial charge is 0.284 e. The lowest BCUT2D eigenvalue weighted by molar-refractivity contribution is -0.385. The Morgan fingerprint density at radius 3 is 2.46 bits per heavy atom. The van der Waals surface area contributed by atoms with E-state index >= 15 is 0 Å². The Balaban J connectivity index is 1.93.